The molecule has 6 aliphatic rings. The zero-order valence-corrected chi connectivity index (χ0v) is 61.1. The Labute approximate surface area is 595 Å². The number of piperazine rings is 2. The van der Waals surface area contributed by atoms with Crippen molar-refractivity contribution in [1.29, 1.82) is 0 Å². The quantitative estimate of drug-likeness (QED) is 0.0413. The third-order valence-electron chi connectivity index (χ3n) is 21.3. The number of cyclic esters (lactones) is 1. The van der Waals surface area contributed by atoms with Crippen LogP contribution in [0.5, 0.6) is 0 Å². The number of rotatable bonds is 18. The standard InChI is InChI=1S/C74H113N11O16/c1-47-16-12-11-13-17-48(2)61(95-8)40-57-21-19-52(6)74(94,101-57)68(90)69(91)85-23-15-14-18-59(85)70(92)99-63(41-62(96-9)49(3)37-51(5)66(88)67(89)65(87)50(4)36-47)58(75)38-54-20-22-60(64(39-54)97-10)100-73(93)80-44-55-42-76-71(77-43-55)83-28-24-81(25-29-83)32-34-98-35-33-82-26-30-84(31-27-82)72-78-45-56(46-79-72)53(7)86/h11-13,16-17,37,42-43,45-47,49-50,52,54,57-64,66-67,88-89,94H,14-15,18-36,38-41,44,75H2,1-10H3,(H,80,93)/b13-11+,16-12+,48-17+,51-37+/t47-,49-,50-,52-,54+,57+,58-,59+,60-,61+,62-,63+,64-,66-,67+,74-/m1/s1. The van der Waals surface area contributed by atoms with Crippen molar-refractivity contribution in [1.82, 2.24) is 40.0 Å². The molecule has 2 bridgehead atoms. The molecule has 560 valence electrons. The second-order valence-corrected chi connectivity index (χ2v) is 28.7. The van der Waals surface area contributed by atoms with Gasteiger partial charge < -0.3 is 74.2 Å². The van der Waals surface area contributed by atoms with Crippen molar-refractivity contribution < 1.29 is 77.2 Å². The number of nitrogens with two attached hydrogens (primary N) is 1. The summed E-state index contributed by atoms with van der Waals surface area (Å²) in [5.74, 6) is -6.71. The number of aromatic nitrogens is 4. The SMILES string of the molecule is CO[C@H]1C[C@@H]2CC[C@@H](C)[C@@](O)(O2)C(=O)C(=O)N2CCCC[C@H]2C(=O)O[C@H]([C@H](N)C[C@@H]2CC[C@@H](OC(=O)NCc3cnc(N4CCN(CCOCCN5CCN(c6ncc(C(C)=O)cn6)CC5)CC4)nc3)[C@H](OC)C2)C[C@@H](OC)[C@H](C)/C=C(\C)[C@@H](O)[C@@H](O)C(=O)[C@H](C)C[C@H](C)/C=C/C=C/C=C/1C. The normalized spacial score (nSPS) is 33.0. The molecule has 1 aliphatic carbocycles. The summed E-state index contributed by atoms with van der Waals surface area (Å²) >= 11 is 0. The summed E-state index contributed by atoms with van der Waals surface area (Å²) in [5, 5.41) is 37.7. The van der Waals surface area contributed by atoms with Crippen LogP contribution in [0.25, 0.3) is 0 Å². The average Bonchev–Trinajstić information content (AvgIpc) is 0.774. The van der Waals surface area contributed by atoms with Crippen molar-refractivity contribution in [3.05, 3.63) is 83.5 Å². The maximum Gasteiger partial charge on any atom is 0.407 e. The summed E-state index contributed by atoms with van der Waals surface area (Å²) in [6.45, 7) is 22.0. The molecule has 2 aromatic heterocycles. The Balaban J connectivity index is 0.848. The topological polar surface area (TPSA) is 334 Å². The average molecular weight is 1410 g/mol. The number of methoxy groups -OCH3 is 3. The van der Waals surface area contributed by atoms with E-state index in [2.05, 4.69) is 44.9 Å². The maximum absolute atomic E-state index is 14.8. The molecule has 1 saturated carbocycles. The Bertz CT molecular complexity index is 3140. The highest BCUT2D eigenvalue weighted by Crippen LogP contribution is 2.38. The van der Waals surface area contributed by atoms with Crippen molar-refractivity contribution in [3.8, 4) is 0 Å². The lowest BCUT2D eigenvalue weighted by Gasteiger charge is -2.43. The predicted octanol–water partition coefficient (Wildman–Crippen LogP) is 5.34. The van der Waals surface area contributed by atoms with Crippen LogP contribution >= 0.6 is 0 Å². The van der Waals surface area contributed by atoms with E-state index >= 15 is 0 Å². The Morgan fingerprint density at radius 3 is 1.96 bits per heavy atom. The molecule has 0 aromatic carbocycles. The van der Waals surface area contributed by atoms with Crippen LogP contribution in [0.1, 0.15) is 141 Å². The minimum atomic E-state index is -2.48. The Kier molecular flexibility index (Phi) is 30.8. The number of alkyl carbamates (subject to hydrolysis) is 1. The molecule has 0 unspecified atom stereocenters. The molecule has 2 amide bonds. The van der Waals surface area contributed by atoms with Gasteiger partial charge in [0.15, 0.2) is 11.6 Å². The van der Waals surface area contributed by atoms with Crippen LogP contribution in [0, 0.1) is 29.6 Å². The van der Waals surface area contributed by atoms with Crippen LogP contribution in [0.3, 0.4) is 0 Å². The number of hydrogen-bond acceptors (Lipinski definition) is 25. The van der Waals surface area contributed by atoms with Crippen LogP contribution < -0.4 is 20.9 Å². The highest BCUT2D eigenvalue weighted by molar-refractivity contribution is 6.39. The molecule has 4 saturated heterocycles. The first kappa shape index (κ1) is 80.2. The summed E-state index contributed by atoms with van der Waals surface area (Å²) in [4.78, 5) is 111. The Morgan fingerprint density at radius 1 is 0.713 bits per heavy atom. The van der Waals surface area contributed by atoms with Gasteiger partial charge in [0, 0.05) is 167 Å². The number of aliphatic hydroxyl groups excluding tert-OH is 2. The second-order valence-electron chi connectivity index (χ2n) is 28.7. The maximum atomic E-state index is 14.8. The van der Waals surface area contributed by atoms with E-state index in [1.165, 1.54) is 18.9 Å². The van der Waals surface area contributed by atoms with E-state index in [0.29, 0.717) is 99.6 Å². The number of fused-ring (bicyclic) bond motifs is 3. The van der Waals surface area contributed by atoms with Crippen molar-refractivity contribution in [2.45, 2.75) is 199 Å². The number of amides is 2. The number of allylic oxidation sites excluding steroid dienone is 5. The predicted molar refractivity (Wildman–Crippen MR) is 378 cm³/mol. The molecule has 27 heteroatoms. The number of carbonyl (C=O) groups is 6. The van der Waals surface area contributed by atoms with Gasteiger partial charge in [0.25, 0.3) is 11.7 Å². The fourth-order valence-corrected chi connectivity index (χ4v) is 14.7. The number of carbonyl (C=O) groups excluding carboxylic acids is 6. The van der Waals surface area contributed by atoms with Gasteiger partial charge in [0.1, 0.15) is 30.5 Å². The number of piperidine rings is 1. The second kappa shape index (κ2) is 38.9. The molecule has 0 spiro atoms. The van der Waals surface area contributed by atoms with Crippen LogP contribution in [-0.2, 0) is 58.9 Å². The molecule has 16 atom stereocenters. The summed E-state index contributed by atoms with van der Waals surface area (Å²) < 4.78 is 42.6. The summed E-state index contributed by atoms with van der Waals surface area (Å²) in [5.41, 5.74) is 9.58. The van der Waals surface area contributed by atoms with Crippen molar-refractivity contribution in [2.75, 3.05) is 116 Å². The van der Waals surface area contributed by atoms with Crippen LogP contribution in [0.15, 0.2) is 72.4 Å². The van der Waals surface area contributed by atoms with E-state index < -0.39 is 114 Å². The number of nitrogens with zero attached hydrogens (tertiary/aromatic N) is 9. The fraction of sp³-hybridized carbons (Fsp3) is 0.703. The van der Waals surface area contributed by atoms with E-state index in [9.17, 15) is 44.1 Å². The van der Waals surface area contributed by atoms with Crippen LogP contribution in [-0.4, -0.2) is 259 Å². The molecule has 0 radical (unpaired) electrons. The zero-order valence-electron chi connectivity index (χ0n) is 61.1. The first-order valence-corrected chi connectivity index (χ1v) is 36.4. The molecular weight excluding hydrogens is 1300 g/mol. The molecule has 5 fully saturated rings. The minimum absolute atomic E-state index is 0.0448. The van der Waals surface area contributed by atoms with Gasteiger partial charge >= 0.3 is 12.1 Å². The van der Waals surface area contributed by atoms with Gasteiger partial charge in [-0.3, -0.25) is 29.0 Å². The highest BCUT2D eigenvalue weighted by Gasteiger charge is 2.53. The molecule has 6 N–H and O–H groups in total. The van der Waals surface area contributed by atoms with Gasteiger partial charge in [-0.25, -0.2) is 29.5 Å². The van der Waals surface area contributed by atoms with Gasteiger partial charge in [0.2, 0.25) is 17.7 Å². The highest BCUT2D eigenvalue weighted by atomic mass is 16.6. The number of aliphatic hydroxyl groups is 3. The van der Waals surface area contributed by atoms with Crippen LogP contribution in [0.4, 0.5) is 16.7 Å². The first-order valence-electron chi connectivity index (χ1n) is 36.4. The number of hydrogen-bond donors (Lipinski definition) is 5. The van der Waals surface area contributed by atoms with Gasteiger partial charge in [0.05, 0.1) is 43.2 Å². The molecule has 7 heterocycles. The third kappa shape index (κ3) is 22.5. The number of ketones is 3. The van der Waals surface area contributed by atoms with Gasteiger partial charge in [-0.05, 0) is 108 Å². The first-order chi connectivity index (χ1) is 48.4. The molecular formula is C74H113N11O16. The van der Waals surface area contributed by atoms with E-state index in [1.54, 1.807) is 65.9 Å². The fourth-order valence-electron chi connectivity index (χ4n) is 14.7. The molecule has 8 rings (SSSR count). The number of esters is 1. The van der Waals surface area contributed by atoms with Crippen LogP contribution in [0.2, 0.25) is 0 Å². The Hall–Kier alpha value is -6.50. The van der Waals surface area contributed by atoms with Gasteiger partial charge in [-0.2, -0.15) is 0 Å². The number of Topliss-reactive ketones (excluding diaryl/α,β-unsaturated/α-hetero) is 3. The third-order valence-corrected chi connectivity index (χ3v) is 21.3. The van der Waals surface area contributed by atoms with Crippen molar-refractivity contribution in [2.24, 2.45) is 35.3 Å². The van der Waals surface area contributed by atoms with E-state index in [0.717, 1.165) is 71.0 Å². The number of nitrogens with one attached hydrogen (secondary N) is 1. The summed E-state index contributed by atoms with van der Waals surface area (Å²) in [7, 11) is 4.63. The molecule has 101 heavy (non-hydrogen) atoms. The summed E-state index contributed by atoms with van der Waals surface area (Å²) in [6.07, 6.45) is 14.6. The van der Waals surface area contributed by atoms with Gasteiger partial charge in [-0.1, -0.05) is 64.2 Å². The number of ether oxygens (including phenoxy) is 7. The monoisotopic (exact) mass is 1410 g/mol. The zero-order chi connectivity index (χ0) is 72.9. The van der Waals surface area contributed by atoms with Crippen molar-refractivity contribution in [3.63, 3.8) is 0 Å². The lowest BCUT2D eigenvalue weighted by Crippen LogP contribution is -2.61. The van der Waals surface area contributed by atoms with Gasteiger partial charge in [-0.15, -0.1) is 0 Å². The Morgan fingerprint density at radius 2 is 1.35 bits per heavy atom. The van der Waals surface area contributed by atoms with Crippen molar-refractivity contribution >= 4 is 47.2 Å². The lowest BCUT2D eigenvalue weighted by atomic mass is 9.80. The largest absolute Gasteiger partial charge is 0.459 e. The summed E-state index contributed by atoms with van der Waals surface area (Å²) in [6, 6.07) is -2.02. The molecule has 5 aliphatic heterocycles. The van der Waals surface area contributed by atoms with E-state index in [1.807, 2.05) is 51.2 Å². The minimum Gasteiger partial charge on any atom is -0.459 e. The lowest BCUT2D eigenvalue weighted by molar-refractivity contribution is -0.265. The smallest absolute Gasteiger partial charge is 0.407 e. The molecule has 2 aromatic rings. The van der Waals surface area contributed by atoms with E-state index in [-0.39, 0.29) is 50.0 Å². The number of anilines is 2. The van der Waals surface area contributed by atoms with E-state index in [4.69, 9.17) is 38.9 Å². The molecule has 27 nitrogen and oxygen atoms in total.